The number of esters is 3. The van der Waals surface area contributed by atoms with Gasteiger partial charge in [-0.15, -0.1) is 0 Å². The first-order valence-corrected chi connectivity index (χ1v) is 32.7. The molecule has 0 spiro atoms. The fraction of sp³-hybridized carbons (Fsp3) is 0.658. The first kappa shape index (κ1) is 74.5. The second kappa shape index (κ2) is 66.1. The van der Waals surface area contributed by atoms with Crippen LogP contribution >= 0.6 is 0 Å². The minimum atomic E-state index is -0.790. The summed E-state index contributed by atoms with van der Waals surface area (Å²) in [5.74, 6) is -0.917. The Kier molecular flexibility index (Phi) is 62.3. The molecule has 0 saturated carbocycles. The Labute approximate surface area is 487 Å². The van der Waals surface area contributed by atoms with E-state index in [2.05, 4.69) is 154 Å². The van der Waals surface area contributed by atoms with Gasteiger partial charge < -0.3 is 14.2 Å². The van der Waals surface area contributed by atoms with Crippen molar-refractivity contribution >= 4 is 17.9 Å². The lowest BCUT2D eigenvalue weighted by molar-refractivity contribution is -0.167. The molecule has 0 aliphatic carbocycles. The molecular weight excluding hydrogens is 973 g/mol. The monoisotopic (exact) mass is 1090 g/mol. The van der Waals surface area contributed by atoms with E-state index in [1.165, 1.54) is 109 Å². The van der Waals surface area contributed by atoms with Crippen LogP contribution in [0.15, 0.2) is 134 Å². The molecule has 0 rings (SSSR count). The van der Waals surface area contributed by atoms with Crippen molar-refractivity contribution in [2.75, 3.05) is 13.2 Å². The lowest BCUT2D eigenvalue weighted by Crippen LogP contribution is -2.30. The molecule has 6 heteroatoms. The van der Waals surface area contributed by atoms with Crippen molar-refractivity contribution in [3.8, 4) is 0 Å². The van der Waals surface area contributed by atoms with Crippen molar-refractivity contribution in [3.63, 3.8) is 0 Å². The van der Waals surface area contributed by atoms with E-state index in [0.717, 1.165) is 141 Å². The summed E-state index contributed by atoms with van der Waals surface area (Å²) in [7, 11) is 0. The molecule has 0 radical (unpaired) electrons. The number of hydrogen-bond acceptors (Lipinski definition) is 6. The van der Waals surface area contributed by atoms with Crippen molar-refractivity contribution in [2.45, 2.75) is 297 Å². The molecule has 1 unspecified atom stereocenters. The molecule has 1 atom stereocenters. The molecule has 0 aromatic rings. The van der Waals surface area contributed by atoms with E-state index < -0.39 is 6.10 Å². The summed E-state index contributed by atoms with van der Waals surface area (Å²) in [6.45, 7) is 6.46. The Morgan fingerprint density at radius 1 is 0.266 bits per heavy atom. The van der Waals surface area contributed by atoms with E-state index >= 15 is 0 Å². The molecule has 0 aromatic heterocycles. The van der Waals surface area contributed by atoms with Gasteiger partial charge in [-0.1, -0.05) is 283 Å². The standard InChI is InChI=1S/C73H120O6/c1-4-7-10-13-16-18-20-22-24-26-28-30-31-32-33-34-35-36-37-38-39-40-41-43-44-46-48-50-52-54-57-60-63-66-72(75)78-69-70(68-77-71(74)65-62-59-56-15-12-9-6-3)79-73(76)67-64-61-58-55-53-51-49-47-45-42-29-27-25-23-21-19-17-14-11-8-5-2/h7,10,16,18,21-24,27-30,32-33,35-36,38-39,41,43,46,48,70H,4-6,8-9,11-15,17,19-20,25-26,31,34,37,40,42,44-45,47,49-69H2,1-3H3/b10-7-,18-16-,23-21-,24-22-,29-27-,30-28-,33-32-,36-35-,39-38-,43-41-,48-46-. The highest BCUT2D eigenvalue weighted by molar-refractivity contribution is 5.71. The van der Waals surface area contributed by atoms with Crippen LogP contribution in [0.3, 0.4) is 0 Å². The second-order valence-corrected chi connectivity index (χ2v) is 21.3. The molecule has 79 heavy (non-hydrogen) atoms. The first-order valence-electron chi connectivity index (χ1n) is 32.7. The van der Waals surface area contributed by atoms with Crippen LogP contribution in [-0.4, -0.2) is 37.2 Å². The molecule has 0 amide bonds. The molecule has 0 aliphatic heterocycles. The third kappa shape index (κ3) is 64.3. The molecule has 0 aromatic carbocycles. The van der Waals surface area contributed by atoms with Gasteiger partial charge in [0.25, 0.3) is 0 Å². The van der Waals surface area contributed by atoms with E-state index in [1.807, 2.05) is 0 Å². The van der Waals surface area contributed by atoms with E-state index in [-0.39, 0.29) is 31.1 Å². The normalized spacial score (nSPS) is 13.0. The number of hydrogen-bond donors (Lipinski definition) is 0. The maximum absolute atomic E-state index is 12.9. The Morgan fingerprint density at radius 2 is 0.494 bits per heavy atom. The molecule has 0 bridgehead atoms. The minimum Gasteiger partial charge on any atom is -0.462 e. The van der Waals surface area contributed by atoms with Crippen LogP contribution in [0.4, 0.5) is 0 Å². The SMILES string of the molecule is CC/C=C\C/C=C\C/C=C\C/C=C\C/C=C\C/C=C\C/C=C\C/C=C\C/C=C\CCCCCCCC(=O)OCC(COC(=O)CCCCCCCCC)OC(=O)CCCCCCCCCCC/C=C\C/C=C\CCCCCCC. The number of ether oxygens (including phenoxy) is 3. The van der Waals surface area contributed by atoms with Crippen molar-refractivity contribution in [1.29, 1.82) is 0 Å². The average molecular weight is 1090 g/mol. The van der Waals surface area contributed by atoms with Crippen molar-refractivity contribution in [3.05, 3.63) is 134 Å². The van der Waals surface area contributed by atoms with Gasteiger partial charge in [0, 0.05) is 19.3 Å². The average Bonchev–Trinajstić information content (AvgIpc) is 3.45. The summed E-state index contributed by atoms with van der Waals surface area (Å²) in [6, 6.07) is 0. The van der Waals surface area contributed by atoms with Crippen molar-refractivity contribution in [1.82, 2.24) is 0 Å². The summed E-state index contributed by atoms with van der Waals surface area (Å²) in [5.41, 5.74) is 0. The number of carbonyl (C=O) groups excluding carboxylic acids is 3. The third-order valence-electron chi connectivity index (χ3n) is 13.6. The molecule has 0 heterocycles. The number of allylic oxidation sites excluding steroid dienone is 22. The third-order valence-corrected chi connectivity index (χ3v) is 13.6. The molecule has 0 fully saturated rings. The van der Waals surface area contributed by atoms with Crippen molar-refractivity contribution in [2.24, 2.45) is 0 Å². The highest BCUT2D eigenvalue weighted by atomic mass is 16.6. The maximum Gasteiger partial charge on any atom is 0.306 e. The minimum absolute atomic E-state index is 0.0876. The van der Waals surface area contributed by atoms with E-state index in [9.17, 15) is 14.4 Å². The predicted octanol–water partition coefficient (Wildman–Crippen LogP) is 22.5. The van der Waals surface area contributed by atoms with Crippen LogP contribution in [0, 0.1) is 0 Å². The molecule has 0 N–H and O–H groups in total. The van der Waals surface area contributed by atoms with Crippen LogP contribution in [0.25, 0.3) is 0 Å². The van der Waals surface area contributed by atoms with Crippen LogP contribution < -0.4 is 0 Å². The highest BCUT2D eigenvalue weighted by Gasteiger charge is 2.19. The van der Waals surface area contributed by atoms with Gasteiger partial charge in [0.2, 0.25) is 0 Å². The zero-order chi connectivity index (χ0) is 57.1. The molecule has 448 valence electrons. The van der Waals surface area contributed by atoms with Gasteiger partial charge in [0.15, 0.2) is 6.10 Å². The summed E-state index contributed by atoms with van der Waals surface area (Å²) in [5, 5.41) is 0. The van der Waals surface area contributed by atoms with E-state index in [4.69, 9.17) is 14.2 Å². The maximum atomic E-state index is 12.9. The highest BCUT2D eigenvalue weighted by Crippen LogP contribution is 2.15. The second-order valence-electron chi connectivity index (χ2n) is 21.3. The van der Waals surface area contributed by atoms with Crippen LogP contribution in [-0.2, 0) is 28.6 Å². The number of carbonyl (C=O) groups is 3. The number of unbranched alkanes of at least 4 members (excludes halogenated alkanes) is 25. The van der Waals surface area contributed by atoms with E-state index in [0.29, 0.717) is 19.3 Å². The Balaban J connectivity index is 4.21. The summed E-state index contributed by atoms with van der Waals surface area (Å²) >= 11 is 0. The lowest BCUT2D eigenvalue weighted by atomic mass is 10.1. The van der Waals surface area contributed by atoms with Crippen LogP contribution in [0.5, 0.6) is 0 Å². The molecular formula is C73H120O6. The summed E-state index contributed by atoms with van der Waals surface area (Å²) in [6.07, 6.45) is 93.4. The van der Waals surface area contributed by atoms with Gasteiger partial charge in [0.05, 0.1) is 0 Å². The smallest absolute Gasteiger partial charge is 0.306 e. The van der Waals surface area contributed by atoms with Gasteiger partial charge in [-0.05, 0) is 122 Å². The fourth-order valence-corrected chi connectivity index (χ4v) is 8.76. The zero-order valence-corrected chi connectivity index (χ0v) is 51.3. The number of rotatable bonds is 58. The van der Waals surface area contributed by atoms with Gasteiger partial charge >= 0.3 is 17.9 Å². The van der Waals surface area contributed by atoms with Gasteiger partial charge in [-0.3, -0.25) is 14.4 Å². The zero-order valence-electron chi connectivity index (χ0n) is 51.3. The topological polar surface area (TPSA) is 78.9 Å². The first-order chi connectivity index (χ1) is 39.0. The quantitative estimate of drug-likeness (QED) is 0.0261. The van der Waals surface area contributed by atoms with Gasteiger partial charge in [-0.2, -0.15) is 0 Å². The summed E-state index contributed by atoms with van der Waals surface area (Å²) in [4.78, 5) is 38.1. The van der Waals surface area contributed by atoms with Crippen LogP contribution in [0.1, 0.15) is 290 Å². The van der Waals surface area contributed by atoms with Gasteiger partial charge in [0.1, 0.15) is 13.2 Å². The van der Waals surface area contributed by atoms with Crippen LogP contribution in [0.2, 0.25) is 0 Å². The van der Waals surface area contributed by atoms with E-state index in [1.54, 1.807) is 0 Å². The molecule has 0 aliphatic rings. The molecule has 0 saturated heterocycles. The molecule has 6 nitrogen and oxygen atoms in total. The van der Waals surface area contributed by atoms with Gasteiger partial charge in [-0.25, -0.2) is 0 Å². The predicted molar refractivity (Wildman–Crippen MR) is 343 cm³/mol. The Bertz CT molecular complexity index is 1680. The van der Waals surface area contributed by atoms with Crippen molar-refractivity contribution < 1.29 is 28.6 Å². The fourth-order valence-electron chi connectivity index (χ4n) is 8.76. The summed E-state index contributed by atoms with van der Waals surface area (Å²) < 4.78 is 16.8. The largest absolute Gasteiger partial charge is 0.462 e. The Morgan fingerprint density at radius 3 is 0.772 bits per heavy atom. The lowest BCUT2D eigenvalue weighted by Gasteiger charge is -2.18. The Hall–Kier alpha value is -4.45.